The Kier molecular flexibility index (Phi) is 4.95. The molecule has 8 heteroatoms. The molecule has 0 unspecified atom stereocenters. The third-order valence-electron chi connectivity index (χ3n) is 3.47. The Hall–Kier alpha value is -1.76. The molecule has 1 saturated heterocycles. The van der Waals surface area contributed by atoms with E-state index in [1.807, 2.05) is 0 Å². The molecule has 0 N–H and O–H groups in total. The van der Waals surface area contributed by atoms with Crippen molar-refractivity contribution in [3.8, 4) is 0 Å². The highest BCUT2D eigenvalue weighted by atomic mass is 35.5. The number of carbonyl (C=O) groups excluding carboxylic acids is 2. The third kappa shape index (κ3) is 3.71. The second-order valence-corrected chi connectivity index (χ2v) is 5.15. The van der Waals surface area contributed by atoms with Gasteiger partial charge in [0.1, 0.15) is 5.88 Å². The summed E-state index contributed by atoms with van der Waals surface area (Å²) in [5.74, 6) is -0.807. The fourth-order valence-corrected chi connectivity index (χ4v) is 2.42. The van der Waals surface area contributed by atoms with Gasteiger partial charge in [-0.25, -0.2) is 0 Å². The molecule has 1 aliphatic heterocycles. The number of halogens is 4. The number of amides is 2. The van der Waals surface area contributed by atoms with Crippen molar-refractivity contribution >= 4 is 23.4 Å². The Balaban J connectivity index is 2.06. The fraction of sp³-hybridized carbons (Fsp3) is 0.429. The number of carbonyl (C=O) groups is 2. The molecule has 1 aliphatic rings. The second-order valence-electron chi connectivity index (χ2n) is 4.89. The Labute approximate surface area is 130 Å². The molecule has 0 spiro atoms. The minimum atomic E-state index is -4.48. The summed E-state index contributed by atoms with van der Waals surface area (Å²) in [6.07, 6.45) is -4.48. The topological polar surface area (TPSA) is 40.6 Å². The summed E-state index contributed by atoms with van der Waals surface area (Å²) in [6, 6.07) is 4.34. The molecular formula is C14H14ClF3N2O2. The first-order valence-corrected chi connectivity index (χ1v) is 7.16. The SMILES string of the molecule is O=C(CCl)N1CCN(C(=O)c2cccc(C(F)(F)F)c2)CC1. The molecule has 1 aromatic carbocycles. The molecule has 0 atom stereocenters. The largest absolute Gasteiger partial charge is 0.416 e. The van der Waals surface area contributed by atoms with Gasteiger partial charge in [0.2, 0.25) is 5.91 Å². The van der Waals surface area contributed by atoms with Crippen molar-refractivity contribution in [2.45, 2.75) is 6.18 Å². The van der Waals surface area contributed by atoms with Crippen LogP contribution in [-0.4, -0.2) is 53.7 Å². The van der Waals surface area contributed by atoms with Crippen molar-refractivity contribution in [1.29, 1.82) is 0 Å². The van der Waals surface area contributed by atoms with Crippen LogP contribution in [0.25, 0.3) is 0 Å². The van der Waals surface area contributed by atoms with Crippen molar-refractivity contribution in [2.24, 2.45) is 0 Å². The van der Waals surface area contributed by atoms with Crippen LogP contribution in [0.15, 0.2) is 24.3 Å². The minimum absolute atomic E-state index is 0.00746. The van der Waals surface area contributed by atoms with Gasteiger partial charge >= 0.3 is 6.18 Å². The van der Waals surface area contributed by atoms with E-state index in [2.05, 4.69) is 0 Å². The van der Waals surface area contributed by atoms with Crippen LogP contribution in [-0.2, 0) is 11.0 Å². The van der Waals surface area contributed by atoms with Crippen LogP contribution < -0.4 is 0 Å². The summed E-state index contributed by atoms with van der Waals surface area (Å²) < 4.78 is 38.0. The highest BCUT2D eigenvalue weighted by molar-refractivity contribution is 6.27. The highest BCUT2D eigenvalue weighted by Gasteiger charge is 2.32. The van der Waals surface area contributed by atoms with Gasteiger partial charge in [0.25, 0.3) is 5.91 Å². The van der Waals surface area contributed by atoms with Gasteiger partial charge in [0.05, 0.1) is 5.56 Å². The Bertz CT molecular complexity index is 569. The summed E-state index contributed by atoms with van der Waals surface area (Å²) in [7, 11) is 0. The summed E-state index contributed by atoms with van der Waals surface area (Å²) in [4.78, 5) is 26.7. The smallest absolute Gasteiger partial charge is 0.338 e. The number of nitrogens with zero attached hydrogens (tertiary/aromatic N) is 2. The quantitative estimate of drug-likeness (QED) is 0.778. The molecule has 0 saturated carbocycles. The van der Waals surface area contributed by atoms with Crippen LogP contribution in [0.2, 0.25) is 0 Å². The zero-order chi connectivity index (χ0) is 16.3. The number of rotatable bonds is 2. The Morgan fingerprint density at radius 2 is 1.68 bits per heavy atom. The van der Waals surface area contributed by atoms with Gasteiger partial charge in [-0.1, -0.05) is 6.07 Å². The monoisotopic (exact) mass is 334 g/mol. The number of benzene rings is 1. The van der Waals surface area contributed by atoms with Gasteiger partial charge in [-0.05, 0) is 18.2 Å². The lowest BCUT2D eigenvalue weighted by Crippen LogP contribution is -2.51. The molecule has 0 aromatic heterocycles. The Morgan fingerprint density at radius 3 is 2.23 bits per heavy atom. The summed E-state index contributed by atoms with van der Waals surface area (Å²) >= 11 is 5.46. The average molecular weight is 335 g/mol. The normalized spacial score (nSPS) is 15.8. The predicted octanol–water partition coefficient (Wildman–Crippen LogP) is 2.23. The van der Waals surface area contributed by atoms with E-state index in [0.29, 0.717) is 13.1 Å². The highest BCUT2D eigenvalue weighted by Crippen LogP contribution is 2.29. The van der Waals surface area contributed by atoms with Crippen molar-refractivity contribution in [3.63, 3.8) is 0 Å². The van der Waals surface area contributed by atoms with Crippen LogP contribution >= 0.6 is 11.6 Å². The lowest BCUT2D eigenvalue weighted by atomic mass is 10.1. The third-order valence-corrected chi connectivity index (χ3v) is 3.70. The van der Waals surface area contributed by atoms with Gasteiger partial charge in [-0.3, -0.25) is 9.59 Å². The van der Waals surface area contributed by atoms with E-state index in [4.69, 9.17) is 11.6 Å². The van der Waals surface area contributed by atoms with Crippen molar-refractivity contribution < 1.29 is 22.8 Å². The molecule has 0 bridgehead atoms. The minimum Gasteiger partial charge on any atom is -0.338 e. The van der Waals surface area contributed by atoms with Crippen molar-refractivity contribution in [1.82, 2.24) is 9.80 Å². The molecule has 2 amide bonds. The molecule has 120 valence electrons. The molecule has 0 aliphatic carbocycles. The predicted molar refractivity (Wildman–Crippen MR) is 74.6 cm³/mol. The van der Waals surface area contributed by atoms with E-state index in [1.165, 1.54) is 21.9 Å². The van der Waals surface area contributed by atoms with E-state index >= 15 is 0 Å². The molecule has 1 aromatic rings. The summed E-state index contributed by atoms with van der Waals surface area (Å²) in [5, 5.41) is 0. The van der Waals surface area contributed by atoms with Gasteiger partial charge in [-0.15, -0.1) is 11.6 Å². The fourth-order valence-electron chi connectivity index (χ4n) is 2.25. The molecule has 4 nitrogen and oxygen atoms in total. The van der Waals surface area contributed by atoms with Crippen LogP contribution in [0.5, 0.6) is 0 Å². The van der Waals surface area contributed by atoms with Crippen LogP contribution in [0.3, 0.4) is 0 Å². The lowest BCUT2D eigenvalue weighted by molar-refractivity contribution is -0.137. The van der Waals surface area contributed by atoms with Gasteiger partial charge in [0, 0.05) is 31.7 Å². The van der Waals surface area contributed by atoms with E-state index in [0.717, 1.165) is 12.1 Å². The summed E-state index contributed by atoms with van der Waals surface area (Å²) in [5.41, 5.74) is -0.860. The first-order valence-electron chi connectivity index (χ1n) is 6.63. The second kappa shape index (κ2) is 6.56. The van der Waals surface area contributed by atoms with Gasteiger partial charge < -0.3 is 9.80 Å². The molecule has 1 heterocycles. The maximum Gasteiger partial charge on any atom is 0.416 e. The van der Waals surface area contributed by atoms with E-state index in [9.17, 15) is 22.8 Å². The van der Waals surface area contributed by atoms with Gasteiger partial charge in [0.15, 0.2) is 0 Å². The molecule has 22 heavy (non-hydrogen) atoms. The number of hydrogen-bond donors (Lipinski definition) is 0. The summed E-state index contributed by atoms with van der Waals surface area (Å²) in [6.45, 7) is 1.21. The molecule has 1 fully saturated rings. The van der Waals surface area contributed by atoms with Crippen LogP contribution in [0, 0.1) is 0 Å². The van der Waals surface area contributed by atoms with E-state index < -0.39 is 17.6 Å². The maximum absolute atomic E-state index is 12.7. The van der Waals surface area contributed by atoms with E-state index in [1.54, 1.807) is 0 Å². The average Bonchev–Trinajstić information content (AvgIpc) is 2.53. The standard InChI is InChI=1S/C14H14ClF3N2O2/c15-9-12(21)19-4-6-20(7-5-19)13(22)10-2-1-3-11(8-10)14(16,17)18/h1-3,8H,4-7,9H2. The first kappa shape index (κ1) is 16.6. The molecule has 2 rings (SSSR count). The number of piperazine rings is 1. The van der Waals surface area contributed by atoms with Crippen LogP contribution in [0.1, 0.15) is 15.9 Å². The lowest BCUT2D eigenvalue weighted by Gasteiger charge is -2.34. The van der Waals surface area contributed by atoms with E-state index in [-0.39, 0.29) is 30.4 Å². The van der Waals surface area contributed by atoms with Crippen LogP contribution in [0.4, 0.5) is 13.2 Å². The molecular weight excluding hydrogens is 321 g/mol. The zero-order valence-corrected chi connectivity index (χ0v) is 12.3. The first-order chi connectivity index (χ1) is 10.3. The Morgan fingerprint density at radius 1 is 1.09 bits per heavy atom. The maximum atomic E-state index is 12.7. The number of alkyl halides is 4. The molecule has 0 radical (unpaired) electrons. The van der Waals surface area contributed by atoms with Crippen molar-refractivity contribution in [3.05, 3.63) is 35.4 Å². The number of hydrogen-bond acceptors (Lipinski definition) is 2. The zero-order valence-electron chi connectivity index (χ0n) is 11.6. The van der Waals surface area contributed by atoms with Gasteiger partial charge in [-0.2, -0.15) is 13.2 Å². The van der Waals surface area contributed by atoms with Crippen molar-refractivity contribution in [2.75, 3.05) is 32.1 Å².